The molecule has 5 nitrogen and oxygen atoms in total. The van der Waals surface area contributed by atoms with Crippen molar-refractivity contribution in [3.63, 3.8) is 0 Å². The van der Waals surface area contributed by atoms with E-state index in [0.717, 1.165) is 16.7 Å². The molecule has 3 aromatic rings. The fourth-order valence-corrected chi connectivity index (χ4v) is 2.46. The van der Waals surface area contributed by atoms with Gasteiger partial charge in [-0.3, -0.25) is 14.0 Å². The van der Waals surface area contributed by atoms with Crippen LogP contribution in [0.2, 0.25) is 0 Å². The maximum absolute atomic E-state index is 12.1. The quantitative estimate of drug-likeness (QED) is 0.693. The Morgan fingerprint density at radius 2 is 1.92 bits per heavy atom. The summed E-state index contributed by atoms with van der Waals surface area (Å²) in [6.45, 7) is 3.87. The van der Waals surface area contributed by atoms with Gasteiger partial charge < -0.3 is 4.74 Å². The van der Waals surface area contributed by atoms with E-state index in [2.05, 4.69) is 4.98 Å². The summed E-state index contributed by atoms with van der Waals surface area (Å²) in [5.41, 5.74) is 3.77. The average molecular weight is 322 g/mol. The van der Waals surface area contributed by atoms with Gasteiger partial charge in [0.25, 0.3) is 5.56 Å². The van der Waals surface area contributed by atoms with Crippen LogP contribution in [0.15, 0.2) is 53.5 Å². The van der Waals surface area contributed by atoms with Crippen molar-refractivity contribution in [2.45, 2.75) is 26.9 Å². The Hall–Kier alpha value is -2.95. The molecule has 0 unspecified atom stereocenters. The fourth-order valence-electron chi connectivity index (χ4n) is 2.46. The van der Waals surface area contributed by atoms with Gasteiger partial charge in [-0.15, -0.1) is 0 Å². The van der Waals surface area contributed by atoms with E-state index >= 15 is 0 Å². The number of hydrogen-bond acceptors (Lipinski definition) is 4. The molecule has 0 aliphatic rings. The summed E-state index contributed by atoms with van der Waals surface area (Å²) in [6.07, 6.45) is 1.87. The summed E-state index contributed by atoms with van der Waals surface area (Å²) < 4.78 is 6.74. The second-order valence-corrected chi connectivity index (χ2v) is 5.79. The molecule has 122 valence electrons. The number of carbonyl (C=O) groups is 1. The van der Waals surface area contributed by atoms with E-state index < -0.39 is 0 Å². The molecule has 5 heteroatoms. The van der Waals surface area contributed by atoms with E-state index in [9.17, 15) is 9.59 Å². The number of fused-ring (bicyclic) bond motifs is 1. The highest BCUT2D eigenvalue weighted by atomic mass is 16.5. The molecule has 0 aliphatic carbocycles. The molecule has 0 spiro atoms. The van der Waals surface area contributed by atoms with Gasteiger partial charge in [0.1, 0.15) is 12.3 Å². The van der Waals surface area contributed by atoms with Crippen molar-refractivity contribution in [1.29, 1.82) is 0 Å². The van der Waals surface area contributed by atoms with Crippen LogP contribution >= 0.6 is 0 Å². The summed E-state index contributed by atoms with van der Waals surface area (Å²) in [7, 11) is 0. The Morgan fingerprint density at radius 1 is 1.17 bits per heavy atom. The summed E-state index contributed by atoms with van der Waals surface area (Å²) in [4.78, 5) is 28.5. The lowest BCUT2D eigenvalue weighted by atomic mass is 10.1. The lowest BCUT2D eigenvalue weighted by Crippen LogP contribution is -2.17. The number of benzene rings is 1. The largest absolute Gasteiger partial charge is 0.459 e. The predicted octanol–water partition coefficient (Wildman–Crippen LogP) is 2.60. The molecule has 0 amide bonds. The lowest BCUT2D eigenvalue weighted by molar-refractivity contribution is -0.144. The summed E-state index contributed by atoms with van der Waals surface area (Å²) in [6, 6.07) is 12.8. The van der Waals surface area contributed by atoms with Crippen molar-refractivity contribution >= 4 is 11.6 Å². The SMILES string of the molecule is Cc1ccc(CC(=O)OCc2cc(=O)n3cccc(C)c3n2)cc1. The molecule has 0 radical (unpaired) electrons. The molecular weight excluding hydrogens is 304 g/mol. The highest BCUT2D eigenvalue weighted by Crippen LogP contribution is 2.08. The zero-order valence-corrected chi connectivity index (χ0v) is 13.7. The minimum atomic E-state index is -0.342. The first-order chi connectivity index (χ1) is 11.5. The highest BCUT2D eigenvalue weighted by Gasteiger charge is 2.08. The number of carbonyl (C=O) groups excluding carboxylic acids is 1. The van der Waals surface area contributed by atoms with E-state index in [1.165, 1.54) is 10.5 Å². The Bertz CT molecular complexity index is 943. The number of rotatable bonds is 4. The van der Waals surface area contributed by atoms with Gasteiger partial charge in [0.05, 0.1) is 12.1 Å². The number of aryl methyl sites for hydroxylation is 2. The van der Waals surface area contributed by atoms with E-state index in [1.807, 2.05) is 44.2 Å². The molecule has 0 saturated carbocycles. The van der Waals surface area contributed by atoms with Gasteiger partial charge in [0.15, 0.2) is 0 Å². The first-order valence-corrected chi connectivity index (χ1v) is 7.72. The average Bonchev–Trinajstić information content (AvgIpc) is 2.56. The van der Waals surface area contributed by atoms with E-state index in [1.54, 1.807) is 12.3 Å². The molecule has 0 fully saturated rings. The minimum absolute atomic E-state index is 0.00916. The van der Waals surface area contributed by atoms with Gasteiger partial charge in [-0.2, -0.15) is 0 Å². The molecule has 2 heterocycles. The fraction of sp³-hybridized carbons (Fsp3) is 0.211. The van der Waals surface area contributed by atoms with Crippen molar-refractivity contribution in [1.82, 2.24) is 9.38 Å². The van der Waals surface area contributed by atoms with Gasteiger partial charge in [0, 0.05) is 12.3 Å². The predicted molar refractivity (Wildman–Crippen MR) is 90.9 cm³/mol. The third kappa shape index (κ3) is 3.51. The normalized spacial score (nSPS) is 10.8. The van der Waals surface area contributed by atoms with Gasteiger partial charge in [0.2, 0.25) is 0 Å². The summed E-state index contributed by atoms with van der Waals surface area (Å²) in [5, 5.41) is 0. The van der Waals surface area contributed by atoms with Gasteiger partial charge in [-0.1, -0.05) is 35.9 Å². The standard InChI is InChI=1S/C19H18N2O3/c1-13-5-7-15(8-6-13)10-18(23)24-12-16-11-17(22)21-9-3-4-14(2)19(21)20-16/h3-9,11H,10,12H2,1-2H3. The molecular formula is C19H18N2O3. The third-order valence-corrected chi connectivity index (χ3v) is 3.79. The summed E-state index contributed by atoms with van der Waals surface area (Å²) in [5.74, 6) is -0.342. The smallest absolute Gasteiger partial charge is 0.310 e. The lowest BCUT2D eigenvalue weighted by Gasteiger charge is -2.07. The van der Waals surface area contributed by atoms with Gasteiger partial charge in [-0.25, -0.2) is 4.98 Å². The molecule has 0 saturated heterocycles. The number of nitrogens with zero attached hydrogens (tertiary/aromatic N) is 2. The molecule has 2 aromatic heterocycles. The third-order valence-electron chi connectivity index (χ3n) is 3.79. The van der Waals surface area contributed by atoms with Crippen LogP contribution in [0.25, 0.3) is 5.65 Å². The number of pyridine rings is 1. The Labute approximate surface area is 139 Å². The molecule has 1 aromatic carbocycles. The van der Waals surface area contributed by atoms with E-state index in [-0.39, 0.29) is 24.6 Å². The van der Waals surface area contributed by atoms with Gasteiger partial charge in [-0.05, 0) is 31.0 Å². The van der Waals surface area contributed by atoms with Crippen LogP contribution in [-0.2, 0) is 22.6 Å². The van der Waals surface area contributed by atoms with E-state index in [0.29, 0.717) is 11.3 Å². The molecule has 3 rings (SSSR count). The molecule has 24 heavy (non-hydrogen) atoms. The molecule has 0 N–H and O–H groups in total. The second-order valence-electron chi connectivity index (χ2n) is 5.79. The van der Waals surface area contributed by atoms with Crippen LogP contribution in [0.1, 0.15) is 22.4 Å². The maximum atomic E-state index is 12.1. The number of esters is 1. The molecule has 0 bridgehead atoms. The molecule has 0 atom stereocenters. The van der Waals surface area contributed by atoms with Crippen LogP contribution in [0, 0.1) is 13.8 Å². The number of ether oxygens (including phenoxy) is 1. The van der Waals surface area contributed by atoms with Crippen molar-refractivity contribution in [2.75, 3.05) is 0 Å². The first kappa shape index (κ1) is 15.9. The van der Waals surface area contributed by atoms with Crippen molar-refractivity contribution < 1.29 is 9.53 Å². The van der Waals surface area contributed by atoms with Gasteiger partial charge >= 0.3 is 5.97 Å². The summed E-state index contributed by atoms with van der Waals surface area (Å²) >= 11 is 0. The van der Waals surface area contributed by atoms with Crippen LogP contribution in [0.4, 0.5) is 0 Å². The highest BCUT2D eigenvalue weighted by molar-refractivity contribution is 5.72. The Morgan fingerprint density at radius 3 is 2.67 bits per heavy atom. The van der Waals surface area contributed by atoms with Crippen LogP contribution in [-0.4, -0.2) is 15.4 Å². The van der Waals surface area contributed by atoms with Crippen LogP contribution < -0.4 is 5.56 Å². The maximum Gasteiger partial charge on any atom is 0.310 e. The molecule has 0 aliphatic heterocycles. The van der Waals surface area contributed by atoms with Crippen molar-refractivity contribution in [3.8, 4) is 0 Å². The van der Waals surface area contributed by atoms with Crippen molar-refractivity contribution in [2.24, 2.45) is 0 Å². The Kier molecular flexibility index (Phi) is 4.42. The topological polar surface area (TPSA) is 60.7 Å². The first-order valence-electron chi connectivity index (χ1n) is 7.72. The van der Waals surface area contributed by atoms with Crippen molar-refractivity contribution in [3.05, 3.63) is 81.4 Å². The second kappa shape index (κ2) is 6.66. The van der Waals surface area contributed by atoms with Crippen LogP contribution in [0.3, 0.4) is 0 Å². The monoisotopic (exact) mass is 322 g/mol. The van der Waals surface area contributed by atoms with E-state index in [4.69, 9.17) is 4.74 Å². The minimum Gasteiger partial charge on any atom is -0.459 e. The zero-order valence-electron chi connectivity index (χ0n) is 13.7. The van der Waals surface area contributed by atoms with Crippen LogP contribution in [0.5, 0.6) is 0 Å². The zero-order chi connectivity index (χ0) is 17.1. The number of aromatic nitrogens is 2. The Balaban J connectivity index is 1.71. The number of hydrogen-bond donors (Lipinski definition) is 0.